The molecule has 0 bridgehead atoms. The average Bonchev–Trinajstić information content (AvgIpc) is 3.91. The van der Waals surface area contributed by atoms with Crippen molar-refractivity contribution in [1.29, 1.82) is 0 Å². The first-order chi connectivity index (χ1) is 28.2. The monoisotopic (exact) mass is 740 g/mol. The Hall–Kier alpha value is -6.90. The lowest BCUT2D eigenvalue weighted by Crippen LogP contribution is -1.95. The molecule has 0 spiro atoms. The zero-order valence-electron chi connectivity index (χ0n) is 33.6. The van der Waals surface area contributed by atoms with Gasteiger partial charge in [0.15, 0.2) is 0 Å². The minimum Gasteiger partial charge on any atom is -0.308 e. The third-order valence-corrected chi connectivity index (χ3v) is 13.6. The summed E-state index contributed by atoms with van der Waals surface area (Å²) in [4.78, 5) is 0. The Balaban J connectivity index is 1.32. The van der Waals surface area contributed by atoms with E-state index in [1.165, 1.54) is 153 Å². The number of fused-ring (bicyclic) bond motifs is 14. The third kappa shape index (κ3) is 3.97. The number of hydrogen-bond donors (Lipinski definition) is 0. The van der Waals surface area contributed by atoms with Crippen molar-refractivity contribution >= 4 is 97.7 Å². The lowest BCUT2D eigenvalue weighted by molar-refractivity contribution is 1.36. The molecule has 274 valence electrons. The third-order valence-electron chi connectivity index (χ3n) is 13.6. The Morgan fingerprint density at radius 2 is 0.621 bits per heavy atom. The van der Waals surface area contributed by atoms with Gasteiger partial charge in [-0.25, -0.2) is 0 Å². The zero-order valence-corrected chi connectivity index (χ0v) is 33.6. The highest BCUT2D eigenvalue weighted by Gasteiger charge is 2.26. The molecule has 0 saturated heterocycles. The van der Waals surface area contributed by atoms with Gasteiger partial charge in [-0.05, 0) is 180 Å². The SMILES string of the molecule is Cc1ccc2c(c1)c1cc(C)cc3c4cc5c(-c6ccccc6C)c6cc7c(cc6c(-c6ccccc6C)c5cc4n2c13)c1cc(C)cc2c3cc(C)ccc3n7c21. The van der Waals surface area contributed by atoms with Crippen LogP contribution >= 0.6 is 0 Å². The summed E-state index contributed by atoms with van der Waals surface area (Å²) in [6, 6.07) is 51.7. The maximum Gasteiger partial charge on any atom is 0.0620 e. The Bertz CT molecular complexity index is 3700. The van der Waals surface area contributed by atoms with Gasteiger partial charge in [0.25, 0.3) is 0 Å². The first-order valence-electron chi connectivity index (χ1n) is 20.6. The zero-order chi connectivity index (χ0) is 38.9. The molecule has 0 N–H and O–H groups in total. The summed E-state index contributed by atoms with van der Waals surface area (Å²) < 4.78 is 5.11. The minimum absolute atomic E-state index is 1.26. The number of benzene rings is 9. The number of rotatable bonds is 2. The summed E-state index contributed by atoms with van der Waals surface area (Å²) in [6.07, 6.45) is 0. The second kappa shape index (κ2) is 10.9. The van der Waals surface area contributed by atoms with Crippen LogP contribution < -0.4 is 0 Å². The lowest BCUT2D eigenvalue weighted by Gasteiger charge is -2.20. The summed E-state index contributed by atoms with van der Waals surface area (Å²) in [7, 11) is 0. The van der Waals surface area contributed by atoms with Crippen molar-refractivity contribution in [1.82, 2.24) is 8.80 Å². The number of nitrogens with zero attached hydrogens (tertiary/aromatic N) is 2. The lowest BCUT2D eigenvalue weighted by atomic mass is 9.83. The normalized spacial score (nSPS) is 12.7. The summed E-state index contributed by atoms with van der Waals surface area (Å²) in [5.74, 6) is 0. The van der Waals surface area contributed by atoms with Crippen LogP contribution in [0.4, 0.5) is 0 Å². The highest BCUT2D eigenvalue weighted by molar-refractivity contribution is 6.32. The first kappa shape index (κ1) is 32.2. The molecule has 0 aliphatic carbocycles. The first-order valence-corrected chi connectivity index (χ1v) is 20.6. The van der Waals surface area contributed by atoms with E-state index in [9.17, 15) is 0 Å². The number of hydrogen-bond acceptors (Lipinski definition) is 0. The van der Waals surface area contributed by atoms with E-state index in [2.05, 4.69) is 184 Å². The van der Waals surface area contributed by atoms with Gasteiger partial charge >= 0.3 is 0 Å². The van der Waals surface area contributed by atoms with E-state index in [-0.39, 0.29) is 0 Å². The van der Waals surface area contributed by atoms with Crippen molar-refractivity contribution in [2.45, 2.75) is 41.5 Å². The van der Waals surface area contributed by atoms with E-state index in [4.69, 9.17) is 0 Å². The van der Waals surface area contributed by atoms with E-state index in [0.29, 0.717) is 0 Å². The Morgan fingerprint density at radius 3 is 1.02 bits per heavy atom. The molecule has 58 heavy (non-hydrogen) atoms. The van der Waals surface area contributed by atoms with Gasteiger partial charge in [-0.2, -0.15) is 0 Å². The van der Waals surface area contributed by atoms with E-state index in [0.717, 1.165) is 0 Å². The van der Waals surface area contributed by atoms with E-state index in [1.807, 2.05) is 0 Å². The molecule has 9 aromatic carbocycles. The van der Waals surface area contributed by atoms with Gasteiger partial charge in [0.1, 0.15) is 0 Å². The highest BCUT2D eigenvalue weighted by atomic mass is 14.9. The fraction of sp³-hybridized carbons (Fsp3) is 0.107. The summed E-state index contributed by atoms with van der Waals surface area (Å²) in [5.41, 5.74) is 20.6. The molecule has 4 heterocycles. The Labute approximate surface area is 335 Å². The molecular formula is C56H40N2. The highest BCUT2D eigenvalue weighted by Crippen LogP contribution is 2.51. The smallest absolute Gasteiger partial charge is 0.0620 e. The van der Waals surface area contributed by atoms with Crippen LogP contribution in [-0.2, 0) is 0 Å². The Morgan fingerprint density at radius 1 is 0.276 bits per heavy atom. The maximum absolute atomic E-state index is 2.55. The standard InChI is InChI=1S/C56H40N2/c1-29-15-17-49-37(19-29)45-21-31(3)23-47-39-25-41-43(27-51(39)57(49)55(45)47)53(35-13-9-7-11-33(35)5)42-26-40-48-24-32(4)22-46-38-20-30(2)16-18-50(38)58(56(46)48)52(40)28-44(42)54(41)36-14-10-8-12-34(36)6/h7-28H,1-6H3. The van der Waals surface area contributed by atoms with Crippen LogP contribution in [0.15, 0.2) is 133 Å². The molecule has 0 aliphatic heterocycles. The van der Waals surface area contributed by atoms with Crippen molar-refractivity contribution in [3.63, 3.8) is 0 Å². The van der Waals surface area contributed by atoms with Gasteiger partial charge in [0.05, 0.1) is 33.1 Å². The molecule has 13 aromatic rings. The molecule has 0 amide bonds. The molecule has 4 aromatic heterocycles. The van der Waals surface area contributed by atoms with Crippen molar-refractivity contribution in [3.05, 3.63) is 167 Å². The van der Waals surface area contributed by atoms with E-state index < -0.39 is 0 Å². The van der Waals surface area contributed by atoms with Gasteiger partial charge in [0, 0.05) is 43.1 Å². The molecule has 13 rings (SSSR count). The van der Waals surface area contributed by atoms with E-state index >= 15 is 0 Å². The quantitative estimate of drug-likeness (QED) is 0.156. The van der Waals surface area contributed by atoms with Gasteiger partial charge in [-0.15, -0.1) is 0 Å². The molecule has 0 saturated carbocycles. The van der Waals surface area contributed by atoms with Crippen molar-refractivity contribution < 1.29 is 0 Å². The predicted octanol–water partition coefficient (Wildman–Crippen LogP) is 15.5. The fourth-order valence-corrected chi connectivity index (χ4v) is 11.1. The topological polar surface area (TPSA) is 8.82 Å². The van der Waals surface area contributed by atoms with E-state index in [1.54, 1.807) is 0 Å². The number of aryl methyl sites for hydroxylation is 6. The molecule has 2 nitrogen and oxygen atoms in total. The molecule has 0 aliphatic rings. The average molecular weight is 741 g/mol. The minimum atomic E-state index is 1.26. The van der Waals surface area contributed by atoms with Crippen LogP contribution in [0.2, 0.25) is 0 Å². The second-order valence-electron chi connectivity index (χ2n) is 17.3. The molecule has 0 fully saturated rings. The Kier molecular flexibility index (Phi) is 6.07. The van der Waals surface area contributed by atoms with Crippen LogP contribution in [0.1, 0.15) is 33.4 Å². The second-order valence-corrected chi connectivity index (χ2v) is 17.3. The summed E-state index contributed by atoms with van der Waals surface area (Å²) in [6.45, 7) is 13.5. The largest absolute Gasteiger partial charge is 0.308 e. The van der Waals surface area contributed by atoms with Crippen molar-refractivity contribution in [2.24, 2.45) is 0 Å². The number of aromatic nitrogens is 2. The van der Waals surface area contributed by atoms with Crippen LogP contribution in [-0.4, -0.2) is 8.80 Å². The van der Waals surface area contributed by atoms with Crippen LogP contribution in [0.3, 0.4) is 0 Å². The van der Waals surface area contributed by atoms with Crippen LogP contribution in [0.25, 0.3) is 120 Å². The van der Waals surface area contributed by atoms with Gasteiger partial charge < -0.3 is 8.80 Å². The fourth-order valence-electron chi connectivity index (χ4n) is 11.1. The molecule has 0 unspecified atom stereocenters. The van der Waals surface area contributed by atoms with Crippen molar-refractivity contribution in [3.8, 4) is 22.3 Å². The predicted molar refractivity (Wildman–Crippen MR) is 250 cm³/mol. The van der Waals surface area contributed by atoms with Crippen LogP contribution in [0.5, 0.6) is 0 Å². The van der Waals surface area contributed by atoms with Gasteiger partial charge in [0.2, 0.25) is 0 Å². The van der Waals surface area contributed by atoms with Gasteiger partial charge in [-0.3, -0.25) is 0 Å². The molecule has 2 heteroatoms. The van der Waals surface area contributed by atoms with Gasteiger partial charge in [-0.1, -0.05) is 71.8 Å². The summed E-state index contributed by atoms with van der Waals surface area (Å²) >= 11 is 0. The van der Waals surface area contributed by atoms with Crippen LogP contribution in [0, 0.1) is 41.5 Å². The maximum atomic E-state index is 2.55. The molecule has 0 radical (unpaired) electrons. The molecule has 0 atom stereocenters. The van der Waals surface area contributed by atoms with Crippen molar-refractivity contribution in [2.75, 3.05) is 0 Å². The summed E-state index contributed by atoms with van der Waals surface area (Å²) in [5, 5.41) is 15.8. The molecular weight excluding hydrogens is 701 g/mol.